The summed E-state index contributed by atoms with van der Waals surface area (Å²) in [6, 6.07) is 6.74. The third-order valence-electron chi connectivity index (χ3n) is 3.84. The molecule has 0 radical (unpaired) electrons. The highest BCUT2D eigenvalue weighted by Gasteiger charge is 2.14. The minimum Gasteiger partial charge on any atom is -0.494 e. The molecular formula is C19H20Cl3NO3. The van der Waals surface area contributed by atoms with Crippen molar-refractivity contribution in [2.24, 2.45) is 0 Å². The summed E-state index contributed by atoms with van der Waals surface area (Å²) < 4.78 is 5.75. The molecule has 0 heterocycles. The highest BCUT2D eigenvalue weighted by atomic mass is 35.5. The second-order valence-corrected chi connectivity index (χ2v) is 7.19. The smallest absolute Gasteiger partial charge is 0.337 e. The first-order chi connectivity index (χ1) is 12.3. The van der Waals surface area contributed by atoms with Gasteiger partial charge in [0.05, 0.1) is 22.9 Å². The fourth-order valence-corrected chi connectivity index (χ4v) is 3.21. The Morgan fingerprint density at radius 2 is 1.73 bits per heavy atom. The Labute approximate surface area is 168 Å². The molecule has 0 aliphatic carbocycles. The number of anilines is 1. The fraction of sp³-hybridized carbons (Fsp3) is 0.316. The molecule has 0 spiro atoms. The SMILES string of the molecule is Cc1cc(OCCCCNc2c(Cl)cc(Cl)cc2C(=O)O)cc(C)c1Cl. The van der Waals surface area contributed by atoms with Crippen molar-refractivity contribution in [1.29, 1.82) is 0 Å². The first-order valence-electron chi connectivity index (χ1n) is 8.15. The number of halogens is 3. The summed E-state index contributed by atoms with van der Waals surface area (Å²) in [4.78, 5) is 11.3. The van der Waals surface area contributed by atoms with E-state index in [4.69, 9.17) is 39.5 Å². The number of ether oxygens (including phenoxy) is 1. The predicted octanol–water partition coefficient (Wildman–Crippen LogP) is 6.23. The number of aryl methyl sites for hydroxylation is 2. The summed E-state index contributed by atoms with van der Waals surface area (Å²) in [6.45, 7) is 5.02. The summed E-state index contributed by atoms with van der Waals surface area (Å²) in [7, 11) is 0. The van der Waals surface area contributed by atoms with Gasteiger partial charge in [-0.05, 0) is 62.1 Å². The average molecular weight is 417 g/mol. The van der Waals surface area contributed by atoms with Crippen molar-refractivity contribution in [3.05, 3.63) is 56.0 Å². The Bertz CT molecular complexity index is 786. The van der Waals surface area contributed by atoms with Crippen LogP contribution in [0.15, 0.2) is 24.3 Å². The Hall–Kier alpha value is -1.62. The summed E-state index contributed by atoms with van der Waals surface area (Å²) in [6.07, 6.45) is 1.60. The number of benzene rings is 2. The number of nitrogens with one attached hydrogen (secondary N) is 1. The lowest BCUT2D eigenvalue weighted by Crippen LogP contribution is -2.09. The van der Waals surface area contributed by atoms with E-state index in [1.54, 1.807) is 0 Å². The second kappa shape index (κ2) is 9.36. The summed E-state index contributed by atoms with van der Waals surface area (Å²) in [5.74, 6) is -0.278. The van der Waals surface area contributed by atoms with Crippen LogP contribution in [-0.4, -0.2) is 24.2 Å². The zero-order valence-corrected chi connectivity index (χ0v) is 16.8. The van der Waals surface area contributed by atoms with Crippen molar-refractivity contribution in [2.45, 2.75) is 26.7 Å². The lowest BCUT2D eigenvalue weighted by molar-refractivity contribution is 0.0698. The Kier molecular flexibility index (Phi) is 7.44. The van der Waals surface area contributed by atoms with Crippen LogP contribution in [0.25, 0.3) is 0 Å². The summed E-state index contributed by atoms with van der Waals surface area (Å²) in [5.41, 5.74) is 2.42. The van der Waals surface area contributed by atoms with Gasteiger partial charge in [0.2, 0.25) is 0 Å². The number of carbonyl (C=O) groups is 1. The number of hydrogen-bond donors (Lipinski definition) is 2. The van der Waals surface area contributed by atoms with Gasteiger partial charge in [-0.1, -0.05) is 34.8 Å². The molecule has 0 aliphatic rings. The van der Waals surface area contributed by atoms with Crippen molar-refractivity contribution in [1.82, 2.24) is 0 Å². The molecule has 2 rings (SSSR count). The molecule has 0 amide bonds. The third kappa shape index (κ3) is 5.44. The van der Waals surface area contributed by atoms with Gasteiger partial charge in [-0.2, -0.15) is 0 Å². The van der Waals surface area contributed by atoms with Gasteiger partial charge < -0.3 is 15.2 Å². The number of rotatable bonds is 8. The standard InChI is InChI=1S/C19H20Cl3NO3/c1-11-7-14(8-12(2)17(11)22)26-6-4-3-5-23-18-15(19(24)25)9-13(20)10-16(18)21/h7-10,23H,3-6H2,1-2H3,(H,24,25). The van der Waals surface area contributed by atoms with E-state index in [9.17, 15) is 9.90 Å². The van der Waals surface area contributed by atoms with Crippen molar-refractivity contribution < 1.29 is 14.6 Å². The Morgan fingerprint density at radius 1 is 1.08 bits per heavy atom. The van der Waals surface area contributed by atoms with Gasteiger partial charge in [-0.15, -0.1) is 0 Å². The van der Waals surface area contributed by atoms with Gasteiger partial charge in [0, 0.05) is 16.6 Å². The number of unbranched alkanes of at least 4 members (excludes halogenated alkanes) is 1. The number of carboxylic acid groups (broad SMARTS) is 1. The van der Waals surface area contributed by atoms with E-state index in [0.717, 1.165) is 34.7 Å². The molecule has 0 fully saturated rings. The maximum absolute atomic E-state index is 11.3. The van der Waals surface area contributed by atoms with Crippen LogP contribution in [0, 0.1) is 13.8 Å². The first kappa shape index (κ1) is 20.7. The number of aromatic carboxylic acids is 1. The normalized spacial score (nSPS) is 10.7. The molecule has 0 bridgehead atoms. The van der Waals surface area contributed by atoms with Gasteiger partial charge in [-0.25, -0.2) is 4.79 Å². The van der Waals surface area contributed by atoms with E-state index in [-0.39, 0.29) is 5.56 Å². The quantitative estimate of drug-likeness (QED) is 0.501. The molecule has 26 heavy (non-hydrogen) atoms. The summed E-state index contributed by atoms with van der Waals surface area (Å²) in [5, 5.41) is 13.7. The zero-order valence-electron chi connectivity index (χ0n) is 14.5. The number of carboxylic acids is 1. The highest BCUT2D eigenvalue weighted by molar-refractivity contribution is 6.37. The van der Waals surface area contributed by atoms with Crippen LogP contribution in [0.2, 0.25) is 15.1 Å². The van der Waals surface area contributed by atoms with Crippen LogP contribution in [0.3, 0.4) is 0 Å². The van der Waals surface area contributed by atoms with Gasteiger partial charge in [0.25, 0.3) is 0 Å². The van der Waals surface area contributed by atoms with Gasteiger partial charge >= 0.3 is 5.97 Å². The zero-order chi connectivity index (χ0) is 19.3. The van der Waals surface area contributed by atoms with E-state index in [1.165, 1.54) is 12.1 Å². The second-order valence-electron chi connectivity index (χ2n) is 5.97. The predicted molar refractivity (Wildman–Crippen MR) is 108 cm³/mol. The molecule has 140 valence electrons. The molecule has 7 heteroatoms. The van der Waals surface area contributed by atoms with Crippen LogP contribution >= 0.6 is 34.8 Å². The Balaban J connectivity index is 1.82. The summed E-state index contributed by atoms with van der Waals surface area (Å²) >= 11 is 18.1. The Morgan fingerprint density at radius 3 is 2.35 bits per heavy atom. The molecule has 0 unspecified atom stereocenters. The molecule has 0 saturated heterocycles. The van der Waals surface area contributed by atoms with Crippen molar-refractivity contribution >= 4 is 46.5 Å². The minimum absolute atomic E-state index is 0.0610. The number of hydrogen-bond acceptors (Lipinski definition) is 3. The maximum atomic E-state index is 11.3. The van der Waals surface area contributed by atoms with Crippen LogP contribution in [0.4, 0.5) is 5.69 Å². The van der Waals surface area contributed by atoms with Crippen LogP contribution in [0.1, 0.15) is 34.3 Å². The molecule has 0 atom stereocenters. The monoisotopic (exact) mass is 415 g/mol. The molecule has 0 aliphatic heterocycles. The van der Waals surface area contributed by atoms with E-state index >= 15 is 0 Å². The minimum atomic E-state index is -1.08. The third-order valence-corrected chi connectivity index (χ3v) is 4.95. The molecule has 2 N–H and O–H groups in total. The van der Waals surface area contributed by atoms with Gasteiger partial charge in [0.1, 0.15) is 5.75 Å². The topological polar surface area (TPSA) is 58.6 Å². The van der Waals surface area contributed by atoms with Crippen LogP contribution < -0.4 is 10.1 Å². The first-order valence-corrected chi connectivity index (χ1v) is 9.28. The van der Waals surface area contributed by atoms with E-state index in [2.05, 4.69) is 5.32 Å². The molecule has 2 aromatic rings. The molecule has 4 nitrogen and oxygen atoms in total. The van der Waals surface area contributed by atoms with Crippen molar-refractivity contribution in [3.8, 4) is 5.75 Å². The van der Waals surface area contributed by atoms with Crippen LogP contribution in [0.5, 0.6) is 5.75 Å². The van der Waals surface area contributed by atoms with Crippen LogP contribution in [-0.2, 0) is 0 Å². The largest absolute Gasteiger partial charge is 0.494 e. The van der Waals surface area contributed by atoms with E-state index in [0.29, 0.717) is 28.9 Å². The van der Waals surface area contributed by atoms with Gasteiger partial charge in [-0.3, -0.25) is 0 Å². The van der Waals surface area contributed by atoms with E-state index < -0.39 is 5.97 Å². The van der Waals surface area contributed by atoms with Gasteiger partial charge in [0.15, 0.2) is 0 Å². The maximum Gasteiger partial charge on any atom is 0.337 e. The average Bonchev–Trinajstić information content (AvgIpc) is 2.56. The van der Waals surface area contributed by atoms with E-state index in [1.807, 2.05) is 26.0 Å². The van der Waals surface area contributed by atoms with Crippen molar-refractivity contribution in [2.75, 3.05) is 18.5 Å². The molecule has 2 aromatic carbocycles. The molecular weight excluding hydrogens is 397 g/mol. The molecule has 0 saturated carbocycles. The highest BCUT2D eigenvalue weighted by Crippen LogP contribution is 2.30. The lowest BCUT2D eigenvalue weighted by Gasteiger charge is -2.13. The molecule has 0 aromatic heterocycles. The van der Waals surface area contributed by atoms with Crippen molar-refractivity contribution in [3.63, 3.8) is 0 Å². The lowest BCUT2D eigenvalue weighted by atomic mass is 10.1. The fourth-order valence-electron chi connectivity index (χ4n) is 2.54.